The Kier molecular flexibility index (Phi) is 4.80. The van der Waals surface area contributed by atoms with Crippen molar-refractivity contribution in [2.24, 2.45) is 11.7 Å². The number of piperidine rings is 1. The Morgan fingerprint density at radius 2 is 2.05 bits per heavy atom. The predicted octanol–water partition coefficient (Wildman–Crippen LogP) is 1.10. The van der Waals surface area contributed by atoms with Gasteiger partial charge in [0.2, 0.25) is 10.0 Å². The summed E-state index contributed by atoms with van der Waals surface area (Å²) in [5, 5.41) is 9.11. The van der Waals surface area contributed by atoms with E-state index in [1.807, 2.05) is 13.0 Å². The molecule has 20 heavy (non-hydrogen) atoms. The molecule has 2 rings (SSSR count). The van der Waals surface area contributed by atoms with Crippen molar-refractivity contribution in [3.63, 3.8) is 0 Å². The molecule has 0 aromatic heterocycles. The summed E-state index contributed by atoms with van der Waals surface area (Å²) in [5.41, 5.74) is 6.62. The maximum Gasteiger partial charge on any atom is 0.243 e. The molecular weight excluding hydrogens is 276 g/mol. The van der Waals surface area contributed by atoms with Crippen LogP contribution in [0, 0.1) is 5.92 Å². The molecule has 1 aromatic carbocycles. The van der Waals surface area contributed by atoms with E-state index in [9.17, 15) is 8.42 Å². The zero-order valence-corrected chi connectivity index (χ0v) is 12.5. The number of hydrogen-bond acceptors (Lipinski definition) is 4. The van der Waals surface area contributed by atoms with Gasteiger partial charge in [-0.3, -0.25) is 0 Å². The van der Waals surface area contributed by atoms with Crippen molar-refractivity contribution in [3.8, 4) is 0 Å². The van der Waals surface area contributed by atoms with Crippen LogP contribution in [0.2, 0.25) is 0 Å². The normalized spacial score (nSPS) is 19.9. The topological polar surface area (TPSA) is 83.6 Å². The van der Waals surface area contributed by atoms with Crippen LogP contribution in [-0.4, -0.2) is 37.5 Å². The molecule has 1 unspecified atom stereocenters. The van der Waals surface area contributed by atoms with E-state index in [4.69, 9.17) is 10.8 Å². The van der Waals surface area contributed by atoms with Gasteiger partial charge in [0.25, 0.3) is 0 Å². The molecule has 0 saturated carbocycles. The van der Waals surface area contributed by atoms with Crippen LogP contribution in [0.15, 0.2) is 29.2 Å². The number of benzene rings is 1. The van der Waals surface area contributed by atoms with Crippen molar-refractivity contribution in [1.82, 2.24) is 4.31 Å². The van der Waals surface area contributed by atoms with Crippen molar-refractivity contribution in [2.45, 2.75) is 30.7 Å². The molecule has 1 aliphatic rings. The first-order valence-electron chi connectivity index (χ1n) is 6.91. The van der Waals surface area contributed by atoms with Crippen LogP contribution < -0.4 is 5.73 Å². The number of aliphatic hydroxyl groups excluding tert-OH is 1. The Balaban J connectivity index is 2.20. The van der Waals surface area contributed by atoms with Crippen LogP contribution in [0.4, 0.5) is 0 Å². The zero-order valence-electron chi connectivity index (χ0n) is 11.7. The first-order valence-corrected chi connectivity index (χ1v) is 8.35. The molecule has 112 valence electrons. The fourth-order valence-electron chi connectivity index (χ4n) is 2.44. The van der Waals surface area contributed by atoms with Crippen LogP contribution in [0.3, 0.4) is 0 Å². The number of rotatable bonds is 4. The molecule has 1 aliphatic heterocycles. The summed E-state index contributed by atoms with van der Waals surface area (Å²) in [4.78, 5) is 0.301. The van der Waals surface area contributed by atoms with Crippen molar-refractivity contribution in [1.29, 1.82) is 0 Å². The Bertz CT molecular complexity index is 549. The minimum Gasteiger partial charge on any atom is -0.396 e. The smallest absolute Gasteiger partial charge is 0.243 e. The van der Waals surface area contributed by atoms with Crippen molar-refractivity contribution >= 4 is 10.0 Å². The van der Waals surface area contributed by atoms with E-state index in [1.165, 1.54) is 4.31 Å². The molecule has 6 heteroatoms. The Hall–Kier alpha value is -0.950. The molecule has 1 atom stereocenters. The average molecular weight is 298 g/mol. The van der Waals surface area contributed by atoms with E-state index in [-0.39, 0.29) is 18.6 Å². The molecule has 1 saturated heterocycles. The highest BCUT2D eigenvalue weighted by Crippen LogP contribution is 2.24. The van der Waals surface area contributed by atoms with Crippen LogP contribution in [0.5, 0.6) is 0 Å². The molecule has 0 radical (unpaired) electrons. The van der Waals surface area contributed by atoms with Gasteiger partial charge in [-0.05, 0) is 43.4 Å². The monoisotopic (exact) mass is 298 g/mol. The van der Waals surface area contributed by atoms with Crippen LogP contribution in [-0.2, 0) is 10.0 Å². The fraction of sp³-hybridized carbons (Fsp3) is 0.571. The van der Waals surface area contributed by atoms with E-state index in [0.717, 1.165) is 5.56 Å². The largest absolute Gasteiger partial charge is 0.396 e. The predicted molar refractivity (Wildman–Crippen MR) is 77.6 cm³/mol. The molecule has 0 aliphatic carbocycles. The molecule has 0 amide bonds. The molecular formula is C14H22N2O3S. The average Bonchev–Trinajstić information content (AvgIpc) is 2.47. The van der Waals surface area contributed by atoms with Gasteiger partial charge in [-0.25, -0.2) is 8.42 Å². The van der Waals surface area contributed by atoms with E-state index < -0.39 is 10.0 Å². The number of nitrogens with zero attached hydrogens (tertiary/aromatic N) is 1. The number of sulfonamides is 1. The lowest BCUT2D eigenvalue weighted by Crippen LogP contribution is -2.39. The standard InChI is InChI=1S/C14H22N2O3S/c1-11(15)13-3-2-4-14(9-13)20(18,19)16-7-5-12(10-17)6-8-16/h2-4,9,11-12,17H,5-8,10,15H2,1H3. The molecule has 3 N–H and O–H groups in total. The number of hydrogen-bond donors (Lipinski definition) is 2. The second-order valence-corrected chi connectivity index (χ2v) is 7.33. The molecule has 1 aromatic rings. The van der Waals surface area contributed by atoms with Gasteiger partial charge in [-0.2, -0.15) is 4.31 Å². The fourth-order valence-corrected chi connectivity index (χ4v) is 3.96. The molecule has 5 nitrogen and oxygen atoms in total. The SMILES string of the molecule is CC(N)c1cccc(S(=O)(=O)N2CCC(CO)CC2)c1. The highest BCUT2D eigenvalue weighted by Gasteiger charge is 2.29. The van der Waals surface area contributed by atoms with E-state index in [1.54, 1.807) is 18.2 Å². The van der Waals surface area contributed by atoms with E-state index >= 15 is 0 Å². The summed E-state index contributed by atoms with van der Waals surface area (Å²) >= 11 is 0. The summed E-state index contributed by atoms with van der Waals surface area (Å²) in [6, 6.07) is 6.64. The van der Waals surface area contributed by atoms with Gasteiger partial charge >= 0.3 is 0 Å². The number of aliphatic hydroxyl groups is 1. The van der Waals surface area contributed by atoms with Gasteiger partial charge in [0.05, 0.1) is 4.90 Å². The summed E-state index contributed by atoms with van der Waals surface area (Å²) in [5.74, 6) is 0.219. The minimum atomic E-state index is -3.45. The third-order valence-electron chi connectivity index (χ3n) is 3.85. The Morgan fingerprint density at radius 1 is 1.40 bits per heavy atom. The third kappa shape index (κ3) is 3.20. The van der Waals surface area contributed by atoms with Gasteiger partial charge in [0, 0.05) is 25.7 Å². The summed E-state index contributed by atoms with van der Waals surface area (Å²) in [6.07, 6.45) is 1.42. The van der Waals surface area contributed by atoms with Crippen LogP contribution in [0.25, 0.3) is 0 Å². The van der Waals surface area contributed by atoms with Crippen molar-refractivity contribution in [2.75, 3.05) is 19.7 Å². The first kappa shape index (κ1) is 15.4. The Labute approximate surface area is 120 Å². The maximum absolute atomic E-state index is 12.6. The van der Waals surface area contributed by atoms with Crippen LogP contribution in [0.1, 0.15) is 31.4 Å². The molecule has 0 spiro atoms. The first-order chi connectivity index (χ1) is 9.45. The second kappa shape index (κ2) is 6.22. The second-order valence-electron chi connectivity index (χ2n) is 5.39. The lowest BCUT2D eigenvalue weighted by molar-refractivity contribution is 0.170. The summed E-state index contributed by atoms with van der Waals surface area (Å²) < 4.78 is 26.7. The van der Waals surface area contributed by atoms with Gasteiger partial charge in [-0.1, -0.05) is 12.1 Å². The Morgan fingerprint density at radius 3 is 2.60 bits per heavy atom. The van der Waals surface area contributed by atoms with Crippen molar-refractivity contribution in [3.05, 3.63) is 29.8 Å². The molecule has 1 heterocycles. The van der Waals surface area contributed by atoms with Crippen LogP contribution >= 0.6 is 0 Å². The van der Waals surface area contributed by atoms with E-state index in [0.29, 0.717) is 30.8 Å². The van der Waals surface area contributed by atoms with Crippen molar-refractivity contribution < 1.29 is 13.5 Å². The van der Waals surface area contributed by atoms with Gasteiger partial charge in [0.15, 0.2) is 0 Å². The maximum atomic E-state index is 12.6. The quantitative estimate of drug-likeness (QED) is 0.872. The summed E-state index contributed by atoms with van der Waals surface area (Å²) in [7, 11) is -3.45. The third-order valence-corrected chi connectivity index (χ3v) is 5.75. The highest BCUT2D eigenvalue weighted by molar-refractivity contribution is 7.89. The number of nitrogens with two attached hydrogens (primary N) is 1. The zero-order chi connectivity index (χ0) is 14.8. The van der Waals surface area contributed by atoms with Gasteiger partial charge in [0.1, 0.15) is 0 Å². The molecule has 0 bridgehead atoms. The van der Waals surface area contributed by atoms with Gasteiger partial charge in [-0.15, -0.1) is 0 Å². The highest BCUT2D eigenvalue weighted by atomic mass is 32.2. The lowest BCUT2D eigenvalue weighted by Gasteiger charge is -2.30. The molecule has 1 fully saturated rings. The van der Waals surface area contributed by atoms with E-state index in [2.05, 4.69) is 0 Å². The minimum absolute atomic E-state index is 0.133. The van der Waals surface area contributed by atoms with Gasteiger partial charge < -0.3 is 10.8 Å². The lowest BCUT2D eigenvalue weighted by atomic mass is 10.00. The summed E-state index contributed by atoms with van der Waals surface area (Å²) in [6.45, 7) is 2.90.